The number of hydrogen-bond donors (Lipinski definition) is 1. The Morgan fingerprint density at radius 2 is 2.20 bits per heavy atom. The molecule has 1 rings (SSSR count). The highest BCUT2D eigenvalue weighted by Gasteiger charge is 2.22. The molecular weight excluding hydrogens is 206 g/mol. The maximum Gasteiger partial charge on any atom is 0.222 e. The average molecular weight is 225 g/mol. The summed E-state index contributed by atoms with van der Waals surface area (Å²) >= 11 is 1.74. The number of hydrogen-bond acceptors (Lipinski definition) is 2. The van der Waals surface area contributed by atoms with E-state index in [-0.39, 0.29) is 17.2 Å². The van der Waals surface area contributed by atoms with Gasteiger partial charge in [-0.15, -0.1) is 11.3 Å². The monoisotopic (exact) mass is 225 g/mol. The molecule has 1 heterocycles. The van der Waals surface area contributed by atoms with E-state index in [4.69, 9.17) is 0 Å². The molecule has 84 valence electrons. The van der Waals surface area contributed by atoms with E-state index >= 15 is 0 Å². The molecule has 0 spiro atoms. The lowest BCUT2D eigenvalue weighted by molar-refractivity contribution is -0.124. The van der Waals surface area contributed by atoms with Crippen molar-refractivity contribution in [1.29, 1.82) is 0 Å². The van der Waals surface area contributed by atoms with Crippen molar-refractivity contribution in [2.45, 2.75) is 33.1 Å². The van der Waals surface area contributed by atoms with Gasteiger partial charge >= 0.3 is 0 Å². The summed E-state index contributed by atoms with van der Waals surface area (Å²) in [5, 5.41) is 5.05. The third kappa shape index (κ3) is 3.34. The van der Waals surface area contributed by atoms with Crippen molar-refractivity contribution in [3.05, 3.63) is 22.4 Å². The van der Waals surface area contributed by atoms with Crippen LogP contribution in [-0.4, -0.2) is 12.5 Å². The van der Waals surface area contributed by atoms with Crippen LogP contribution in [0.1, 0.15) is 32.6 Å². The maximum absolute atomic E-state index is 11.5. The van der Waals surface area contributed by atoms with Crippen LogP contribution >= 0.6 is 11.3 Å². The molecule has 0 atom stereocenters. The van der Waals surface area contributed by atoms with E-state index in [2.05, 4.69) is 30.6 Å². The highest BCUT2D eigenvalue weighted by molar-refractivity contribution is 7.10. The number of carbonyl (C=O) groups excluding carboxylic acids is 1. The smallest absolute Gasteiger partial charge is 0.222 e. The molecule has 0 aromatic carbocycles. The second-order valence-electron chi connectivity index (χ2n) is 4.73. The minimum absolute atomic E-state index is 0.0265. The van der Waals surface area contributed by atoms with Gasteiger partial charge in [-0.2, -0.15) is 0 Å². The first-order chi connectivity index (χ1) is 6.93. The van der Waals surface area contributed by atoms with Crippen LogP contribution in [0.2, 0.25) is 0 Å². The molecule has 0 saturated carbocycles. The van der Waals surface area contributed by atoms with Gasteiger partial charge in [0.25, 0.3) is 0 Å². The summed E-state index contributed by atoms with van der Waals surface area (Å²) in [6.07, 6.45) is 0. The van der Waals surface area contributed by atoms with Gasteiger partial charge in [-0.1, -0.05) is 33.8 Å². The second kappa shape index (κ2) is 4.79. The minimum Gasteiger partial charge on any atom is -0.355 e. The van der Waals surface area contributed by atoms with Crippen molar-refractivity contribution < 1.29 is 4.79 Å². The summed E-state index contributed by atoms with van der Waals surface area (Å²) in [5.41, 5.74) is 0.0265. The second-order valence-corrected chi connectivity index (χ2v) is 5.68. The zero-order valence-corrected chi connectivity index (χ0v) is 10.6. The Kier molecular flexibility index (Phi) is 3.91. The van der Waals surface area contributed by atoms with Crippen LogP contribution in [0.15, 0.2) is 17.5 Å². The largest absolute Gasteiger partial charge is 0.355 e. The lowest BCUT2D eigenvalue weighted by Gasteiger charge is -2.24. The van der Waals surface area contributed by atoms with Crippen molar-refractivity contribution >= 4 is 17.2 Å². The Labute approximate surface area is 95.7 Å². The highest BCUT2D eigenvalue weighted by Crippen LogP contribution is 2.26. The fourth-order valence-corrected chi connectivity index (χ4v) is 2.12. The molecule has 0 bridgehead atoms. The van der Waals surface area contributed by atoms with Crippen LogP contribution in [-0.2, 0) is 10.2 Å². The topological polar surface area (TPSA) is 29.1 Å². The third-order valence-electron chi connectivity index (χ3n) is 2.42. The lowest BCUT2D eigenvalue weighted by atomic mass is 9.91. The first-order valence-electron chi connectivity index (χ1n) is 5.25. The van der Waals surface area contributed by atoms with Crippen molar-refractivity contribution in [3.63, 3.8) is 0 Å². The van der Waals surface area contributed by atoms with E-state index in [1.54, 1.807) is 11.3 Å². The van der Waals surface area contributed by atoms with Gasteiger partial charge in [0, 0.05) is 22.8 Å². The number of rotatable bonds is 4. The Morgan fingerprint density at radius 3 is 2.67 bits per heavy atom. The van der Waals surface area contributed by atoms with Crippen molar-refractivity contribution in [3.8, 4) is 0 Å². The summed E-state index contributed by atoms with van der Waals surface area (Å²) in [6, 6.07) is 4.16. The maximum atomic E-state index is 11.5. The van der Waals surface area contributed by atoms with Gasteiger partial charge in [-0.25, -0.2) is 0 Å². The summed E-state index contributed by atoms with van der Waals surface area (Å²) in [5.74, 6) is 0.184. The fourth-order valence-electron chi connectivity index (χ4n) is 1.26. The molecule has 0 saturated heterocycles. The first-order valence-corrected chi connectivity index (χ1v) is 6.13. The van der Waals surface area contributed by atoms with Gasteiger partial charge < -0.3 is 5.32 Å². The number of amides is 1. The van der Waals surface area contributed by atoms with Gasteiger partial charge in [-0.05, 0) is 11.4 Å². The summed E-state index contributed by atoms with van der Waals surface area (Å²) in [7, 11) is 0. The molecule has 1 aromatic rings. The van der Waals surface area contributed by atoms with Crippen LogP contribution in [0.3, 0.4) is 0 Å². The molecule has 1 amide bonds. The van der Waals surface area contributed by atoms with Crippen molar-refractivity contribution in [2.75, 3.05) is 6.54 Å². The zero-order chi connectivity index (χ0) is 11.5. The van der Waals surface area contributed by atoms with E-state index < -0.39 is 0 Å². The standard InChI is InChI=1S/C12H19NOS/c1-9(2)11(14)13-8-12(3,4)10-6-5-7-15-10/h5-7,9H,8H2,1-4H3,(H,13,14). The van der Waals surface area contributed by atoms with Crippen LogP contribution < -0.4 is 5.32 Å². The van der Waals surface area contributed by atoms with Crippen molar-refractivity contribution in [2.24, 2.45) is 5.92 Å². The molecule has 0 aliphatic rings. The van der Waals surface area contributed by atoms with E-state index in [0.717, 1.165) is 0 Å². The lowest BCUT2D eigenvalue weighted by Crippen LogP contribution is -2.38. The molecule has 3 heteroatoms. The molecule has 0 aliphatic heterocycles. The molecule has 15 heavy (non-hydrogen) atoms. The number of carbonyl (C=O) groups is 1. The quantitative estimate of drug-likeness (QED) is 0.838. The summed E-state index contributed by atoms with van der Waals surface area (Å²) in [6.45, 7) is 8.82. The molecule has 0 fully saturated rings. The van der Waals surface area contributed by atoms with Gasteiger partial charge in [0.2, 0.25) is 5.91 Å². The van der Waals surface area contributed by atoms with Crippen LogP contribution in [0, 0.1) is 5.92 Å². The average Bonchev–Trinajstić information content (AvgIpc) is 2.67. The van der Waals surface area contributed by atoms with Gasteiger partial charge in [0.05, 0.1) is 0 Å². The predicted octanol–water partition coefficient (Wildman–Crippen LogP) is 2.80. The summed E-state index contributed by atoms with van der Waals surface area (Å²) < 4.78 is 0. The zero-order valence-electron chi connectivity index (χ0n) is 9.83. The van der Waals surface area contributed by atoms with Crippen LogP contribution in [0.5, 0.6) is 0 Å². The number of thiophene rings is 1. The SMILES string of the molecule is CC(C)C(=O)NCC(C)(C)c1cccs1. The van der Waals surface area contributed by atoms with Gasteiger partial charge in [0.1, 0.15) is 0 Å². The first kappa shape index (κ1) is 12.2. The third-order valence-corrected chi connectivity index (χ3v) is 3.65. The van der Waals surface area contributed by atoms with Gasteiger partial charge in [-0.3, -0.25) is 4.79 Å². The molecule has 1 N–H and O–H groups in total. The van der Waals surface area contributed by atoms with E-state index in [9.17, 15) is 4.79 Å². The Bertz CT molecular complexity index is 314. The molecule has 0 unspecified atom stereocenters. The van der Waals surface area contributed by atoms with E-state index in [1.807, 2.05) is 19.9 Å². The molecular formula is C12H19NOS. The van der Waals surface area contributed by atoms with Gasteiger partial charge in [0.15, 0.2) is 0 Å². The molecule has 0 radical (unpaired) electrons. The molecule has 0 aliphatic carbocycles. The minimum atomic E-state index is 0.0265. The Morgan fingerprint density at radius 1 is 1.53 bits per heavy atom. The Hall–Kier alpha value is -0.830. The fraction of sp³-hybridized carbons (Fsp3) is 0.583. The highest BCUT2D eigenvalue weighted by atomic mass is 32.1. The Balaban J connectivity index is 2.54. The van der Waals surface area contributed by atoms with E-state index in [0.29, 0.717) is 6.54 Å². The summed E-state index contributed by atoms with van der Waals surface area (Å²) in [4.78, 5) is 12.8. The van der Waals surface area contributed by atoms with Crippen molar-refractivity contribution in [1.82, 2.24) is 5.32 Å². The normalized spacial score (nSPS) is 11.8. The van der Waals surface area contributed by atoms with Crippen LogP contribution in [0.25, 0.3) is 0 Å². The molecule has 1 aromatic heterocycles. The van der Waals surface area contributed by atoms with E-state index in [1.165, 1.54) is 4.88 Å². The van der Waals surface area contributed by atoms with Crippen LogP contribution in [0.4, 0.5) is 0 Å². The number of nitrogens with one attached hydrogen (secondary N) is 1. The molecule has 2 nitrogen and oxygen atoms in total. The predicted molar refractivity (Wildman–Crippen MR) is 65.2 cm³/mol.